The molecule has 0 saturated heterocycles. The van der Waals surface area contributed by atoms with Crippen LogP contribution in [0.25, 0.3) is 22.3 Å². The first kappa shape index (κ1) is 29.9. The van der Waals surface area contributed by atoms with Crippen molar-refractivity contribution in [2.45, 2.75) is 12.8 Å². The number of benzene rings is 4. The fraction of sp³-hybridized carbons (Fsp3) is 0.129. The van der Waals surface area contributed by atoms with E-state index >= 15 is 0 Å². The molecule has 12 heteroatoms. The third-order valence-electron chi connectivity index (χ3n) is 6.37. The summed E-state index contributed by atoms with van der Waals surface area (Å²) in [6.45, 7) is 0.134. The summed E-state index contributed by atoms with van der Waals surface area (Å²) in [6, 6.07) is 19.4. The molecule has 1 aromatic heterocycles. The van der Waals surface area contributed by atoms with E-state index in [9.17, 15) is 18.0 Å². The predicted molar refractivity (Wildman–Crippen MR) is 160 cm³/mol. The Kier molecular flexibility index (Phi) is 8.61. The number of nitrogens with zero attached hydrogens (tertiary/aromatic N) is 3. The SMILES string of the molecule is COc1cc(C=Nn2c(-c3cccc(C(F)(F)F)c3)nc3ccccc3c2=O)cc(OC)c1OCc1ccc(Cl)c(Cl)c1. The average molecular weight is 628 g/mol. The van der Waals surface area contributed by atoms with Crippen LogP contribution >= 0.6 is 23.2 Å². The maximum atomic E-state index is 13.5. The lowest BCUT2D eigenvalue weighted by molar-refractivity contribution is -0.137. The first-order chi connectivity index (χ1) is 20.6. The van der Waals surface area contributed by atoms with Gasteiger partial charge in [-0.2, -0.15) is 22.9 Å². The zero-order valence-electron chi connectivity index (χ0n) is 22.7. The van der Waals surface area contributed by atoms with Crippen molar-refractivity contribution in [3.8, 4) is 28.6 Å². The Labute approximate surface area is 253 Å². The van der Waals surface area contributed by atoms with Crippen LogP contribution in [-0.2, 0) is 12.8 Å². The van der Waals surface area contributed by atoms with Gasteiger partial charge in [0.2, 0.25) is 5.75 Å². The summed E-state index contributed by atoms with van der Waals surface area (Å²) < 4.78 is 58.4. The van der Waals surface area contributed by atoms with Gasteiger partial charge in [-0.1, -0.05) is 53.5 Å². The van der Waals surface area contributed by atoms with Crippen LogP contribution in [0.1, 0.15) is 16.7 Å². The van der Waals surface area contributed by atoms with Crippen LogP contribution in [0.15, 0.2) is 88.8 Å². The number of hydrogen-bond donors (Lipinski definition) is 0. The van der Waals surface area contributed by atoms with Gasteiger partial charge in [0, 0.05) is 11.1 Å². The van der Waals surface area contributed by atoms with E-state index in [1.165, 1.54) is 32.6 Å². The molecule has 0 unspecified atom stereocenters. The molecule has 0 radical (unpaired) electrons. The fourth-order valence-electron chi connectivity index (χ4n) is 4.28. The number of fused-ring (bicyclic) bond motifs is 1. The van der Waals surface area contributed by atoms with Gasteiger partial charge >= 0.3 is 6.18 Å². The van der Waals surface area contributed by atoms with Crippen LogP contribution < -0.4 is 19.8 Å². The van der Waals surface area contributed by atoms with E-state index in [4.69, 9.17) is 37.4 Å². The van der Waals surface area contributed by atoms with Crippen molar-refractivity contribution in [2.24, 2.45) is 5.10 Å². The summed E-state index contributed by atoms with van der Waals surface area (Å²) in [5, 5.41) is 5.39. The Morgan fingerprint density at radius 3 is 2.30 bits per heavy atom. The Morgan fingerprint density at radius 2 is 1.63 bits per heavy atom. The molecule has 0 aliphatic heterocycles. The summed E-state index contributed by atoms with van der Waals surface area (Å²) in [6.07, 6.45) is -3.24. The molecule has 0 aliphatic carbocycles. The van der Waals surface area contributed by atoms with Crippen LogP contribution in [0.2, 0.25) is 10.0 Å². The van der Waals surface area contributed by atoms with E-state index in [-0.39, 0.29) is 23.4 Å². The highest BCUT2D eigenvalue weighted by Crippen LogP contribution is 2.39. The number of para-hydroxylation sites is 1. The average Bonchev–Trinajstić information content (AvgIpc) is 3.00. The zero-order chi connectivity index (χ0) is 30.7. The van der Waals surface area contributed by atoms with Crippen molar-refractivity contribution in [1.29, 1.82) is 0 Å². The van der Waals surface area contributed by atoms with Gasteiger partial charge in [0.1, 0.15) is 6.61 Å². The summed E-state index contributed by atoms with van der Waals surface area (Å²) >= 11 is 12.1. The van der Waals surface area contributed by atoms with Gasteiger partial charge < -0.3 is 14.2 Å². The van der Waals surface area contributed by atoms with Gasteiger partial charge in [0.05, 0.1) is 46.9 Å². The number of rotatable bonds is 8. The number of aromatic nitrogens is 2. The number of hydrogen-bond acceptors (Lipinski definition) is 6. The summed E-state index contributed by atoms with van der Waals surface area (Å²) in [4.78, 5) is 18.0. The molecule has 0 saturated carbocycles. The van der Waals surface area contributed by atoms with Gasteiger partial charge in [-0.05, 0) is 54.1 Å². The normalized spacial score (nSPS) is 11.7. The number of alkyl halides is 3. The minimum absolute atomic E-state index is 0.0634. The molecule has 220 valence electrons. The lowest BCUT2D eigenvalue weighted by atomic mass is 10.1. The van der Waals surface area contributed by atoms with Crippen LogP contribution in [0.4, 0.5) is 13.2 Å². The molecule has 0 spiro atoms. The maximum absolute atomic E-state index is 13.5. The minimum atomic E-state index is -4.59. The summed E-state index contributed by atoms with van der Waals surface area (Å²) in [7, 11) is 2.90. The Hall–Kier alpha value is -4.54. The van der Waals surface area contributed by atoms with Gasteiger partial charge in [0.25, 0.3) is 5.56 Å². The zero-order valence-corrected chi connectivity index (χ0v) is 24.2. The third kappa shape index (κ3) is 6.45. The second-order valence-electron chi connectivity index (χ2n) is 9.18. The van der Waals surface area contributed by atoms with E-state index < -0.39 is 17.3 Å². The highest BCUT2D eigenvalue weighted by molar-refractivity contribution is 6.42. The Morgan fingerprint density at radius 1 is 0.907 bits per heavy atom. The van der Waals surface area contributed by atoms with Crippen molar-refractivity contribution in [2.75, 3.05) is 14.2 Å². The molecule has 7 nitrogen and oxygen atoms in total. The largest absolute Gasteiger partial charge is 0.493 e. The van der Waals surface area contributed by atoms with E-state index in [0.717, 1.165) is 22.4 Å². The standard InChI is InChI=1S/C31H22Cl2F3N3O4/c1-41-26-13-19(14-27(42-2)28(26)43-17-18-10-11-23(32)24(33)12-18)16-37-39-29(20-6-5-7-21(15-20)31(34,35)36)38-25-9-4-3-8-22(25)30(39)40/h3-16H,17H2,1-2H3. The molecule has 5 aromatic rings. The van der Waals surface area contributed by atoms with Gasteiger partial charge in [-0.15, -0.1) is 0 Å². The molecule has 0 aliphatic rings. The van der Waals surface area contributed by atoms with Crippen LogP contribution in [0, 0.1) is 0 Å². The Bertz CT molecular complexity index is 1880. The van der Waals surface area contributed by atoms with Gasteiger partial charge in [-0.25, -0.2) is 4.98 Å². The number of ether oxygens (including phenoxy) is 3. The minimum Gasteiger partial charge on any atom is -0.493 e. The molecule has 43 heavy (non-hydrogen) atoms. The van der Waals surface area contributed by atoms with E-state index in [1.54, 1.807) is 54.6 Å². The second-order valence-corrected chi connectivity index (χ2v) is 10.00. The van der Waals surface area contributed by atoms with Gasteiger partial charge in [0.15, 0.2) is 17.3 Å². The maximum Gasteiger partial charge on any atom is 0.416 e. The molecule has 1 heterocycles. The molecule has 0 atom stereocenters. The summed E-state index contributed by atoms with van der Waals surface area (Å²) in [5.41, 5.74) is 0.151. The topological polar surface area (TPSA) is 74.9 Å². The molecule has 4 aromatic carbocycles. The number of halogens is 5. The second kappa shape index (κ2) is 12.4. The first-order valence-electron chi connectivity index (χ1n) is 12.7. The monoisotopic (exact) mass is 627 g/mol. The van der Waals surface area contributed by atoms with Crippen LogP contribution in [-0.4, -0.2) is 30.1 Å². The highest BCUT2D eigenvalue weighted by atomic mass is 35.5. The van der Waals surface area contributed by atoms with E-state index in [2.05, 4.69) is 10.1 Å². The highest BCUT2D eigenvalue weighted by Gasteiger charge is 2.31. The van der Waals surface area contributed by atoms with Crippen LogP contribution in [0.5, 0.6) is 17.2 Å². The van der Waals surface area contributed by atoms with Crippen molar-refractivity contribution < 1.29 is 27.4 Å². The van der Waals surface area contributed by atoms with E-state index in [0.29, 0.717) is 38.4 Å². The smallest absolute Gasteiger partial charge is 0.416 e. The first-order valence-corrected chi connectivity index (χ1v) is 13.4. The molecular weight excluding hydrogens is 606 g/mol. The fourth-order valence-corrected chi connectivity index (χ4v) is 4.60. The molecule has 5 rings (SSSR count). The molecule has 0 bridgehead atoms. The van der Waals surface area contributed by atoms with Crippen molar-refractivity contribution in [1.82, 2.24) is 9.66 Å². The molecular formula is C31H22Cl2F3N3O4. The Balaban J connectivity index is 1.56. The molecule has 0 fully saturated rings. The lowest BCUT2D eigenvalue weighted by Gasteiger charge is -2.16. The van der Waals surface area contributed by atoms with Crippen molar-refractivity contribution in [3.05, 3.63) is 116 Å². The van der Waals surface area contributed by atoms with Crippen molar-refractivity contribution >= 4 is 40.3 Å². The molecule has 0 N–H and O–H groups in total. The van der Waals surface area contributed by atoms with Gasteiger partial charge in [-0.3, -0.25) is 4.79 Å². The van der Waals surface area contributed by atoms with Crippen molar-refractivity contribution in [3.63, 3.8) is 0 Å². The predicted octanol–water partition coefficient (Wildman–Crippen LogP) is 7.87. The van der Waals surface area contributed by atoms with Crippen LogP contribution in [0.3, 0.4) is 0 Å². The molecule has 0 amide bonds. The third-order valence-corrected chi connectivity index (χ3v) is 7.11. The quantitative estimate of drug-likeness (QED) is 0.164. The summed E-state index contributed by atoms with van der Waals surface area (Å²) in [5.74, 6) is 0.861. The number of methoxy groups -OCH3 is 2. The van der Waals surface area contributed by atoms with E-state index in [1.807, 2.05) is 0 Å². The lowest BCUT2D eigenvalue weighted by Crippen LogP contribution is -2.20.